The molecule has 0 aliphatic heterocycles. The van der Waals surface area contributed by atoms with Crippen molar-refractivity contribution in [2.45, 2.75) is 0 Å². The third kappa shape index (κ3) is 4.67. The van der Waals surface area contributed by atoms with Crippen molar-refractivity contribution in [2.24, 2.45) is 10.2 Å². The van der Waals surface area contributed by atoms with Gasteiger partial charge in [-0.25, -0.2) is 0 Å². The lowest BCUT2D eigenvalue weighted by Gasteiger charge is -2.12. The molecule has 8 heteroatoms. The van der Waals surface area contributed by atoms with Crippen LogP contribution in [0, 0.1) is 0 Å². The van der Waals surface area contributed by atoms with Crippen LogP contribution in [0.2, 0.25) is 0 Å². The molecule has 8 nitrogen and oxygen atoms in total. The molecule has 0 saturated carbocycles. The second-order valence-electron chi connectivity index (χ2n) is 4.45. The van der Waals surface area contributed by atoms with Crippen molar-refractivity contribution in [3.63, 3.8) is 0 Å². The van der Waals surface area contributed by atoms with Crippen LogP contribution >= 0.6 is 0 Å². The molecule has 0 unspecified atom stereocenters. The normalized spacial score (nSPS) is 11.7. The smallest absolute Gasteiger partial charge is 0.135 e. The van der Waals surface area contributed by atoms with Crippen molar-refractivity contribution in [1.82, 2.24) is 0 Å². The zero-order chi connectivity index (χ0) is 17.4. The summed E-state index contributed by atoms with van der Waals surface area (Å²) in [6, 6.07) is 16.8. The minimum atomic E-state index is -1.81. The van der Waals surface area contributed by atoms with Crippen molar-refractivity contribution in [1.29, 1.82) is 0 Å². The number of aliphatic carboxylic acids is 2. The Kier molecular flexibility index (Phi) is 5.62. The molecule has 2 aromatic carbocycles. The predicted molar refractivity (Wildman–Crippen MR) is 85.0 cm³/mol. The summed E-state index contributed by atoms with van der Waals surface area (Å²) in [5.41, 5.74) is 3.98. The highest BCUT2D eigenvalue weighted by atomic mass is 16.4. The second-order valence-corrected chi connectivity index (χ2v) is 4.45. The van der Waals surface area contributed by atoms with Crippen LogP contribution in [0.4, 0.5) is 11.4 Å². The molecular weight excluding hydrogens is 312 g/mol. The molecule has 0 aliphatic rings. The van der Waals surface area contributed by atoms with Gasteiger partial charge in [0.2, 0.25) is 0 Å². The van der Waals surface area contributed by atoms with E-state index in [0.29, 0.717) is 11.4 Å². The highest BCUT2D eigenvalue weighted by Crippen LogP contribution is 2.06. The summed E-state index contributed by atoms with van der Waals surface area (Å²) in [6.45, 7) is 0. The van der Waals surface area contributed by atoms with Crippen LogP contribution in [0.3, 0.4) is 0 Å². The first-order valence-corrected chi connectivity index (χ1v) is 6.78. The van der Waals surface area contributed by atoms with Crippen molar-refractivity contribution in [3.8, 4) is 0 Å². The molecule has 0 fully saturated rings. The molecule has 0 amide bonds. The quantitative estimate of drug-likeness (QED) is 0.518. The number of hydrazone groups is 2. The topological polar surface area (TPSA) is 129 Å². The van der Waals surface area contributed by atoms with Crippen LogP contribution in [0.25, 0.3) is 0 Å². The van der Waals surface area contributed by atoms with E-state index in [9.17, 15) is 19.8 Å². The first-order chi connectivity index (χ1) is 11.6. The molecule has 0 aliphatic carbocycles. The minimum absolute atomic E-state index is 0.463. The summed E-state index contributed by atoms with van der Waals surface area (Å²) in [5.74, 6) is -3.62. The first kappa shape index (κ1) is 16.7. The van der Waals surface area contributed by atoms with E-state index in [1.54, 1.807) is 60.7 Å². The minimum Gasteiger partial charge on any atom is -0.543 e. The van der Waals surface area contributed by atoms with E-state index in [4.69, 9.17) is 0 Å². The number of nitrogens with zero attached hydrogens (tertiary/aromatic N) is 2. The van der Waals surface area contributed by atoms with Crippen molar-refractivity contribution in [3.05, 3.63) is 60.7 Å². The van der Waals surface area contributed by atoms with Gasteiger partial charge < -0.3 is 19.8 Å². The van der Waals surface area contributed by atoms with Crippen LogP contribution in [-0.2, 0) is 9.59 Å². The van der Waals surface area contributed by atoms with Crippen molar-refractivity contribution >= 4 is 34.7 Å². The maximum Gasteiger partial charge on any atom is 0.135 e. The number of carbonyl (C=O) groups excluding carboxylic acids is 2. The zero-order valence-electron chi connectivity index (χ0n) is 12.3. The number of nitrogens with one attached hydrogen (secondary N) is 2. The number of anilines is 2. The molecule has 0 saturated heterocycles. The zero-order valence-corrected chi connectivity index (χ0v) is 12.3. The SMILES string of the molecule is O=C([O-])C(=N\Nc1ccccc1)/C(=N\Nc1ccccc1)C(=O)[O-]. The lowest BCUT2D eigenvalue weighted by Crippen LogP contribution is -2.46. The van der Waals surface area contributed by atoms with Gasteiger partial charge in [-0.1, -0.05) is 36.4 Å². The Hall–Kier alpha value is -3.68. The van der Waals surface area contributed by atoms with E-state index in [1.165, 1.54) is 0 Å². The van der Waals surface area contributed by atoms with Gasteiger partial charge in [0.1, 0.15) is 11.4 Å². The molecule has 24 heavy (non-hydrogen) atoms. The summed E-state index contributed by atoms with van der Waals surface area (Å²) >= 11 is 0. The Morgan fingerprint density at radius 3 is 1.29 bits per heavy atom. The van der Waals surface area contributed by atoms with Crippen molar-refractivity contribution < 1.29 is 19.8 Å². The summed E-state index contributed by atoms with van der Waals surface area (Å²) in [6.07, 6.45) is 0. The Morgan fingerprint density at radius 1 is 0.667 bits per heavy atom. The van der Waals surface area contributed by atoms with Gasteiger partial charge in [-0.15, -0.1) is 0 Å². The van der Waals surface area contributed by atoms with Crippen LogP contribution in [0.1, 0.15) is 0 Å². The number of carbonyl (C=O) groups is 2. The lowest BCUT2D eigenvalue weighted by molar-refractivity contribution is -0.297. The molecule has 0 heterocycles. The maximum atomic E-state index is 11.2. The summed E-state index contributed by atoms with van der Waals surface area (Å²) in [7, 11) is 0. The predicted octanol–water partition coefficient (Wildman–Crippen LogP) is -0.578. The van der Waals surface area contributed by atoms with E-state index in [1.807, 2.05) is 0 Å². The number of hydrogen-bond acceptors (Lipinski definition) is 8. The van der Waals surface area contributed by atoms with Crippen LogP contribution in [-0.4, -0.2) is 23.4 Å². The van der Waals surface area contributed by atoms with E-state index in [-0.39, 0.29) is 0 Å². The van der Waals surface area contributed by atoms with Gasteiger partial charge in [0.25, 0.3) is 0 Å². The number of para-hydroxylation sites is 2. The molecule has 0 spiro atoms. The molecule has 0 aromatic heterocycles. The summed E-state index contributed by atoms with van der Waals surface area (Å²) < 4.78 is 0. The van der Waals surface area contributed by atoms with Crippen LogP contribution in [0.5, 0.6) is 0 Å². The number of carboxylic acids is 2. The number of rotatable bonds is 7. The van der Waals surface area contributed by atoms with Gasteiger partial charge in [-0.2, -0.15) is 10.2 Å². The molecule has 122 valence electrons. The highest BCUT2D eigenvalue weighted by molar-refractivity contribution is 6.78. The molecule has 2 aromatic rings. The largest absolute Gasteiger partial charge is 0.543 e. The summed E-state index contributed by atoms with van der Waals surface area (Å²) in [5, 5.41) is 29.5. The Balaban J connectivity index is 2.27. The monoisotopic (exact) mass is 324 g/mol. The molecular formula is C16H12N4O4-2. The van der Waals surface area contributed by atoms with Crippen molar-refractivity contribution in [2.75, 3.05) is 10.9 Å². The first-order valence-electron chi connectivity index (χ1n) is 6.78. The van der Waals surface area contributed by atoms with E-state index in [0.717, 1.165) is 0 Å². The fourth-order valence-corrected chi connectivity index (χ4v) is 1.66. The Bertz CT molecular complexity index is 706. The maximum absolute atomic E-state index is 11.2. The van der Waals surface area contributed by atoms with E-state index < -0.39 is 23.4 Å². The standard InChI is InChI=1S/C16H14N4O4/c21-15(22)13(19-17-11-7-3-1-4-8-11)14(16(23)24)20-18-12-9-5-2-6-10-12/h1-10,17-18H,(H,21,22)(H,23,24)/p-2/b19-13-,20-14+. The Labute approximate surface area is 137 Å². The van der Waals surface area contributed by atoms with E-state index in [2.05, 4.69) is 21.1 Å². The molecule has 0 bridgehead atoms. The van der Waals surface area contributed by atoms with Gasteiger partial charge >= 0.3 is 0 Å². The fourth-order valence-electron chi connectivity index (χ4n) is 1.66. The third-order valence-corrected chi connectivity index (χ3v) is 2.75. The van der Waals surface area contributed by atoms with Gasteiger partial charge in [-0.05, 0) is 24.3 Å². The summed E-state index contributed by atoms with van der Waals surface area (Å²) in [4.78, 5) is 22.4. The number of carboxylic acid groups (broad SMARTS) is 2. The highest BCUT2D eigenvalue weighted by Gasteiger charge is 2.13. The molecule has 0 radical (unpaired) electrons. The molecule has 0 atom stereocenters. The average Bonchev–Trinajstić information content (AvgIpc) is 2.59. The van der Waals surface area contributed by atoms with Gasteiger partial charge in [-0.3, -0.25) is 10.9 Å². The second kappa shape index (κ2) is 8.08. The molecule has 2 rings (SSSR count). The van der Waals surface area contributed by atoms with Crippen LogP contribution < -0.4 is 21.1 Å². The van der Waals surface area contributed by atoms with Gasteiger partial charge in [0.15, 0.2) is 0 Å². The lowest BCUT2D eigenvalue weighted by atomic mass is 10.2. The fraction of sp³-hybridized carbons (Fsp3) is 0. The average molecular weight is 324 g/mol. The van der Waals surface area contributed by atoms with Gasteiger partial charge in [0.05, 0.1) is 23.3 Å². The van der Waals surface area contributed by atoms with Gasteiger partial charge in [0, 0.05) is 0 Å². The number of benzene rings is 2. The Morgan fingerprint density at radius 2 is 1.00 bits per heavy atom. The molecule has 2 N–H and O–H groups in total. The van der Waals surface area contributed by atoms with Crippen LogP contribution in [0.15, 0.2) is 70.9 Å². The number of hydrogen-bond donors (Lipinski definition) is 2. The van der Waals surface area contributed by atoms with E-state index >= 15 is 0 Å². The third-order valence-electron chi connectivity index (χ3n) is 2.75.